The summed E-state index contributed by atoms with van der Waals surface area (Å²) in [5.41, 5.74) is 4.79. The molecule has 0 heterocycles. The van der Waals surface area contributed by atoms with Crippen molar-refractivity contribution in [2.75, 3.05) is 0 Å². The van der Waals surface area contributed by atoms with Gasteiger partial charge in [0.1, 0.15) is 0 Å². The van der Waals surface area contributed by atoms with Crippen molar-refractivity contribution in [3.8, 4) is 0 Å². The fraction of sp³-hybridized carbons (Fsp3) is 0.724. The average Bonchev–Trinajstić information content (AvgIpc) is 2.78. The van der Waals surface area contributed by atoms with Crippen molar-refractivity contribution in [2.45, 2.75) is 117 Å². The molecule has 2 aliphatic carbocycles. The van der Waals surface area contributed by atoms with Crippen LogP contribution in [0.2, 0.25) is 0 Å². The predicted octanol–water partition coefficient (Wildman–Crippen LogP) is 9.08. The minimum absolute atomic E-state index is 0.994. The van der Waals surface area contributed by atoms with Crippen LogP contribution in [0.4, 0.5) is 0 Å². The zero-order valence-electron chi connectivity index (χ0n) is 19.4. The maximum absolute atomic E-state index is 2.64. The maximum atomic E-state index is 2.64. The minimum atomic E-state index is 0.994. The number of allylic oxidation sites excluding steroid dienone is 2. The van der Waals surface area contributed by atoms with Gasteiger partial charge in [-0.25, -0.2) is 0 Å². The first kappa shape index (κ1) is 22.6. The van der Waals surface area contributed by atoms with E-state index in [1.807, 2.05) is 0 Å². The standard InChI is InChI=1S/C29H46/c1-3-5-7-9-25-10-12-26(13-11-25)14-15-27-18-22-29(23-19-27)28-20-16-24(17-21-28)8-6-4-2/h10-13,18,24,28-29H,3-9,14-17,19-23H2,1-2H3/t24-,28-,29?. The van der Waals surface area contributed by atoms with Gasteiger partial charge >= 0.3 is 0 Å². The lowest BCUT2D eigenvalue weighted by atomic mass is 9.70. The fourth-order valence-corrected chi connectivity index (χ4v) is 5.76. The van der Waals surface area contributed by atoms with E-state index in [1.165, 1.54) is 114 Å². The van der Waals surface area contributed by atoms with Gasteiger partial charge in [-0.3, -0.25) is 0 Å². The van der Waals surface area contributed by atoms with E-state index in [1.54, 1.807) is 5.57 Å². The number of aryl methyl sites for hydroxylation is 2. The van der Waals surface area contributed by atoms with E-state index in [2.05, 4.69) is 44.2 Å². The van der Waals surface area contributed by atoms with Gasteiger partial charge in [-0.1, -0.05) is 94.7 Å². The van der Waals surface area contributed by atoms with Gasteiger partial charge in [0.15, 0.2) is 0 Å². The van der Waals surface area contributed by atoms with E-state index >= 15 is 0 Å². The van der Waals surface area contributed by atoms with E-state index in [0.717, 1.165) is 17.8 Å². The predicted molar refractivity (Wildman–Crippen MR) is 128 cm³/mol. The molecule has 162 valence electrons. The van der Waals surface area contributed by atoms with Gasteiger partial charge in [-0.2, -0.15) is 0 Å². The maximum Gasteiger partial charge on any atom is -0.0241 e. The van der Waals surface area contributed by atoms with Gasteiger partial charge in [0.2, 0.25) is 0 Å². The van der Waals surface area contributed by atoms with Crippen LogP contribution in [0.5, 0.6) is 0 Å². The molecule has 0 spiro atoms. The molecule has 0 N–H and O–H groups in total. The third kappa shape index (κ3) is 7.62. The Kier molecular flexibility index (Phi) is 9.84. The summed E-state index contributed by atoms with van der Waals surface area (Å²) in [5, 5.41) is 0. The van der Waals surface area contributed by atoms with Crippen LogP contribution in [0, 0.1) is 17.8 Å². The number of hydrogen-bond acceptors (Lipinski definition) is 0. The van der Waals surface area contributed by atoms with Gasteiger partial charge in [-0.05, 0) is 86.7 Å². The zero-order valence-corrected chi connectivity index (χ0v) is 19.4. The minimum Gasteiger partial charge on any atom is -0.0850 e. The molecule has 0 bridgehead atoms. The molecule has 0 amide bonds. The lowest BCUT2D eigenvalue weighted by Crippen LogP contribution is -2.23. The third-order valence-corrected chi connectivity index (χ3v) is 7.90. The fourth-order valence-electron chi connectivity index (χ4n) is 5.76. The van der Waals surface area contributed by atoms with Crippen LogP contribution < -0.4 is 0 Å². The molecule has 1 unspecified atom stereocenters. The molecule has 1 saturated carbocycles. The largest absolute Gasteiger partial charge is 0.0850 e. The molecule has 0 heteroatoms. The highest BCUT2D eigenvalue weighted by atomic mass is 14.3. The van der Waals surface area contributed by atoms with Crippen LogP contribution in [-0.4, -0.2) is 0 Å². The van der Waals surface area contributed by atoms with Crippen LogP contribution in [-0.2, 0) is 12.8 Å². The lowest BCUT2D eigenvalue weighted by Gasteiger charge is -2.35. The summed E-state index contributed by atoms with van der Waals surface area (Å²) >= 11 is 0. The Morgan fingerprint density at radius 3 is 2.00 bits per heavy atom. The second-order valence-corrected chi connectivity index (χ2v) is 10.1. The molecule has 0 radical (unpaired) electrons. The Morgan fingerprint density at radius 2 is 1.38 bits per heavy atom. The highest BCUT2D eigenvalue weighted by Gasteiger charge is 2.28. The molecule has 1 aromatic rings. The first-order valence-corrected chi connectivity index (χ1v) is 13.0. The molecular weight excluding hydrogens is 348 g/mol. The third-order valence-electron chi connectivity index (χ3n) is 7.90. The number of hydrogen-bond donors (Lipinski definition) is 0. The van der Waals surface area contributed by atoms with Gasteiger partial charge in [-0.15, -0.1) is 0 Å². The molecule has 0 saturated heterocycles. The summed E-state index contributed by atoms with van der Waals surface area (Å²) in [7, 11) is 0. The van der Waals surface area contributed by atoms with E-state index < -0.39 is 0 Å². The molecule has 1 fully saturated rings. The van der Waals surface area contributed by atoms with E-state index in [4.69, 9.17) is 0 Å². The van der Waals surface area contributed by atoms with Gasteiger partial charge in [0.25, 0.3) is 0 Å². The number of rotatable bonds is 11. The molecular formula is C29H46. The highest BCUT2D eigenvalue weighted by molar-refractivity contribution is 5.24. The van der Waals surface area contributed by atoms with Gasteiger partial charge < -0.3 is 0 Å². The van der Waals surface area contributed by atoms with Crippen molar-refractivity contribution >= 4 is 0 Å². The Bertz CT molecular complexity index is 585. The number of benzene rings is 1. The molecule has 1 aromatic carbocycles. The Hall–Kier alpha value is -1.04. The Morgan fingerprint density at radius 1 is 0.690 bits per heavy atom. The smallest absolute Gasteiger partial charge is 0.0241 e. The van der Waals surface area contributed by atoms with Gasteiger partial charge in [0.05, 0.1) is 0 Å². The SMILES string of the molecule is CCCCCc1ccc(CCC2=CCC([C@H]3CC[C@H](CCCC)CC3)CC2)cc1. The van der Waals surface area contributed by atoms with Crippen molar-refractivity contribution in [1.29, 1.82) is 0 Å². The number of unbranched alkanes of at least 4 members (excludes halogenated alkanes) is 3. The monoisotopic (exact) mass is 394 g/mol. The highest BCUT2D eigenvalue weighted by Crippen LogP contribution is 2.41. The van der Waals surface area contributed by atoms with Crippen molar-refractivity contribution in [3.63, 3.8) is 0 Å². The summed E-state index contributed by atoms with van der Waals surface area (Å²) in [4.78, 5) is 0. The van der Waals surface area contributed by atoms with Crippen molar-refractivity contribution in [1.82, 2.24) is 0 Å². The molecule has 0 aliphatic heterocycles. The van der Waals surface area contributed by atoms with Crippen LogP contribution >= 0.6 is 0 Å². The summed E-state index contributed by atoms with van der Waals surface area (Å²) in [6, 6.07) is 9.50. The topological polar surface area (TPSA) is 0 Å². The van der Waals surface area contributed by atoms with Crippen LogP contribution in [0.3, 0.4) is 0 Å². The average molecular weight is 395 g/mol. The van der Waals surface area contributed by atoms with Crippen LogP contribution in [0.1, 0.15) is 115 Å². The molecule has 1 atom stereocenters. The molecule has 0 nitrogen and oxygen atoms in total. The Balaban J connectivity index is 1.36. The second-order valence-electron chi connectivity index (χ2n) is 10.1. The summed E-state index contributed by atoms with van der Waals surface area (Å²) in [5.74, 6) is 3.08. The first-order chi connectivity index (χ1) is 14.3. The summed E-state index contributed by atoms with van der Waals surface area (Å²) in [6.07, 6.45) is 25.0. The van der Waals surface area contributed by atoms with E-state index in [-0.39, 0.29) is 0 Å². The molecule has 3 rings (SSSR count). The second kappa shape index (κ2) is 12.6. The summed E-state index contributed by atoms with van der Waals surface area (Å²) < 4.78 is 0. The van der Waals surface area contributed by atoms with Crippen molar-refractivity contribution < 1.29 is 0 Å². The van der Waals surface area contributed by atoms with Crippen LogP contribution in [0.15, 0.2) is 35.9 Å². The Labute approximate surface area is 181 Å². The molecule has 0 aromatic heterocycles. The molecule has 29 heavy (non-hydrogen) atoms. The zero-order chi connectivity index (χ0) is 20.3. The van der Waals surface area contributed by atoms with E-state index in [0.29, 0.717) is 0 Å². The lowest BCUT2D eigenvalue weighted by molar-refractivity contribution is 0.185. The van der Waals surface area contributed by atoms with Gasteiger partial charge in [0, 0.05) is 0 Å². The summed E-state index contributed by atoms with van der Waals surface area (Å²) in [6.45, 7) is 4.62. The van der Waals surface area contributed by atoms with E-state index in [9.17, 15) is 0 Å². The van der Waals surface area contributed by atoms with Crippen molar-refractivity contribution in [3.05, 3.63) is 47.0 Å². The normalized spacial score (nSPS) is 25.0. The quantitative estimate of drug-likeness (QED) is 0.259. The van der Waals surface area contributed by atoms with Crippen molar-refractivity contribution in [2.24, 2.45) is 17.8 Å². The molecule has 2 aliphatic rings. The first-order valence-electron chi connectivity index (χ1n) is 13.0. The van der Waals surface area contributed by atoms with Crippen LogP contribution in [0.25, 0.3) is 0 Å².